The molecule has 0 bridgehead atoms. The topological polar surface area (TPSA) is 54.0 Å². The van der Waals surface area contributed by atoms with Gasteiger partial charge in [-0.3, -0.25) is 4.79 Å². The van der Waals surface area contributed by atoms with E-state index in [0.29, 0.717) is 23.9 Å². The SMILES string of the molecule is CCCNc1cc(C(=O)NCC(C)C(C)C)ccn1. The van der Waals surface area contributed by atoms with Crippen LogP contribution in [0.4, 0.5) is 5.82 Å². The number of hydrogen-bond donors (Lipinski definition) is 2. The summed E-state index contributed by atoms with van der Waals surface area (Å²) in [6.45, 7) is 10.1. The molecular weight excluding hydrogens is 238 g/mol. The summed E-state index contributed by atoms with van der Waals surface area (Å²) < 4.78 is 0. The van der Waals surface area contributed by atoms with E-state index in [9.17, 15) is 4.79 Å². The average molecular weight is 263 g/mol. The highest BCUT2D eigenvalue weighted by atomic mass is 16.1. The van der Waals surface area contributed by atoms with E-state index >= 15 is 0 Å². The molecule has 1 amide bonds. The molecule has 0 aliphatic carbocycles. The van der Waals surface area contributed by atoms with Crippen molar-refractivity contribution in [3.05, 3.63) is 23.9 Å². The predicted octanol–water partition coefficient (Wildman–Crippen LogP) is 2.93. The van der Waals surface area contributed by atoms with Gasteiger partial charge in [0.1, 0.15) is 5.82 Å². The van der Waals surface area contributed by atoms with Gasteiger partial charge < -0.3 is 10.6 Å². The van der Waals surface area contributed by atoms with E-state index in [2.05, 4.69) is 43.3 Å². The Hall–Kier alpha value is -1.58. The zero-order valence-corrected chi connectivity index (χ0v) is 12.4. The van der Waals surface area contributed by atoms with Gasteiger partial charge in [0.05, 0.1) is 0 Å². The van der Waals surface area contributed by atoms with Crippen LogP contribution in [0.5, 0.6) is 0 Å². The Morgan fingerprint density at radius 1 is 1.37 bits per heavy atom. The Labute approximate surface area is 116 Å². The first-order valence-corrected chi connectivity index (χ1v) is 7.02. The maximum atomic E-state index is 12.0. The molecule has 1 unspecified atom stereocenters. The molecule has 0 aromatic carbocycles. The van der Waals surface area contributed by atoms with Crippen molar-refractivity contribution in [1.82, 2.24) is 10.3 Å². The zero-order chi connectivity index (χ0) is 14.3. The fourth-order valence-corrected chi connectivity index (χ4v) is 1.51. The van der Waals surface area contributed by atoms with Crippen LogP contribution in [0.3, 0.4) is 0 Å². The number of aromatic nitrogens is 1. The quantitative estimate of drug-likeness (QED) is 0.795. The molecule has 0 aliphatic rings. The number of pyridine rings is 1. The predicted molar refractivity (Wildman–Crippen MR) is 79.4 cm³/mol. The normalized spacial score (nSPS) is 12.3. The fraction of sp³-hybridized carbons (Fsp3) is 0.600. The summed E-state index contributed by atoms with van der Waals surface area (Å²) in [4.78, 5) is 16.2. The fourth-order valence-electron chi connectivity index (χ4n) is 1.51. The zero-order valence-electron chi connectivity index (χ0n) is 12.4. The van der Waals surface area contributed by atoms with E-state index < -0.39 is 0 Å². The van der Waals surface area contributed by atoms with Crippen LogP contribution in [-0.4, -0.2) is 24.0 Å². The average Bonchev–Trinajstić information content (AvgIpc) is 2.42. The summed E-state index contributed by atoms with van der Waals surface area (Å²) >= 11 is 0. The molecule has 0 fully saturated rings. The highest BCUT2D eigenvalue weighted by Gasteiger charge is 2.11. The lowest BCUT2D eigenvalue weighted by Gasteiger charge is -2.16. The third kappa shape index (κ3) is 5.28. The minimum absolute atomic E-state index is 0.0329. The molecule has 4 heteroatoms. The first-order chi connectivity index (χ1) is 9.04. The van der Waals surface area contributed by atoms with Gasteiger partial charge in [0.2, 0.25) is 0 Å². The number of nitrogens with one attached hydrogen (secondary N) is 2. The molecule has 1 atom stereocenters. The Morgan fingerprint density at radius 3 is 2.74 bits per heavy atom. The number of anilines is 1. The largest absolute Gasteiger partial charge is 0.370 e. The van der Waals surface area contributed by atoms with Crippen molar-refractivity contribution in [1.29, 1.82) is 0 Å². The van der Waals surface area contributed by atoms with E-state index in [1.54, 1.807) is 18.3 Å². The Bertz CT molecular complexity index is 404. The second kappa shape index (κ2) is 7.77. The van der Waals surface area contributed by atoms with Gasteiger partial charge in [0.15, 0.2) is 0 Å². The third-order valence-corrected chi connectivity index (χ3v) is 3.30. The lowest BCUT2D eigenvalue weighted by atomic mass is 9.98. The number of rotatable bonds is 7. The van der Waals surface area contributed by atoms with Crippen LogP contribution in [0.2, 0.25) is 0 Å². The summed E-state index contributed by atoms with van der Waals surface area (Å²) in [5, 5.41) is 6.15. The smallest absolute Gasteiger partial charge is 0.251 e. The highest BCUT2D eigenvalue weighted by Crippen LogP contribution is 2.10. The minimum Gasteiger partial charge on any atom is -0.370 e. The molecular formula is C15H25N3O. The van der Waals surface area contributed by atoms with E-state index in [0.717, 1.165) is 18.8 Å². The molecule has 1 aromatic rings. The van der Waals surface area contributed by atoms with Crippen LogP contribution in [0.15, 0.2) is 18.3 Å². The maximum Gasteiger partial charge on any atom is 0.251 e. The van der Waals surface area contributed by atoms with Gasteiger partial charge in [0.25, 0.3) is 5.91 Å². The standard InChI is InChI=1S/C15H25N3O/c1-5-7-16-14-9-13(6-8-17-14)15(19)18-10-12(4)11(2)3/h6,8-9,11-12H,5,7,10H2,1-4H3,(H,16,17)(H,18,19). The van der Waals surface area contributed by atoms with Crippen molar-refractivity contribution in [2.75, 3.05) is 18.4 Å². The molecule has 0 radical (unpaired) electrons. The van der Waals surface area contributed by atoms with E-state index in [4.69, 9.17) is 0 Å². The van der Waals surface area contributed by atoms with Crippen molar-refractivity contribution in [3.8, 4) is 0 Å². The highest BCUT2D eigenvalue weighted by molar-refractivity contribution is 5.94. The van der Waals surface area contributed by atoms with Gasteiger partial charge in [-0.25, -0.2) is 4.98 Å². The number of carbonyl (C=O) groups excluding carboxylic acids is 1. The Morgan fingerprint density at radius 2 is 2.11 bits per heavy atom. The first kappa shape index (κ1) is 15.5. The molecule has 0 spiro atoms. The maximum absolute atomic E-state index is 12.0. The number of amides is 1. The van der Waals surface area contributed by atoms with Crippen LogP contribution in [0, 0.1) is 11.8 Å². The van der Waals surface area contributed by atoms with Gasteiger partial charge in [-0.1, -0.05) is 27.7 Å². The van der Waals surface area contributed by atoms with Crippen molar-refractivity contribution in [3.63, 3.8) is 0 Å². The van der Waals surface area contributed by atoms with Gasteiger partial charge in [-0.2, -0.15) is 0 Å². The lowest BCUT2D eigenvalue weighted by Crippen LogP contribution is -2.30. The summed E-state index contributed by atoms with van der Waals surface area (Å²) in [6, 6.07) is 3.54. The molecule has 19 heavy (non-hydrogen) atoms. The van der Waals surface area contributed by atoms with E-state index in [1.165, 1.54) is 0 Å². The van der Waals surface area contributed by atoms with Crippen LogP contribution >= 0.6 is 0 Å². The van der Waals surface area contributed by atoms with Crippen molar-refractivity contribution >= 4 is 11.7 Å². The van der Waals surface area contributed by atoms with Crippen molar-refractivity contribution in [2.45, 2.75) is 34.1 Å². The minimum atomic E-state index is -0.0329. The molecule has 4 nitrogen and oxygen atoms in total. The molecule has 0 saturated heterocycles. The summed E-state index contributed by atoms with van der Waals surface area (Å²) in [7, 11) is 0. The van der Waals surface area contributed by atoms with Crippen molar-refractivity contribution < 1.29 is 4.79 Å². The molecule has 1 rings (SSSR count). The number of nitrogens with zero attached hydrogens (tertiary/aromatic N) is 1. The number of hydrogen-bond acceptors (Lipinski definition) is 3. The Balaban J connectivity index is 2.56. The molecule has 106 valence electrons. The van der Waals surface area contributed by atoms with E-state index in [-0.39, 0.29) is 5.91 Å². The van der Waals surface area contributed by atoms with E-state index in [1.807, 2.05) is 0 Å². The lowest BCUT2D eigenvalue weighted by molar-refractivity contribution is 0.0945. The van der Waals surface area contributed by atoms with Crippen LogP contribution in [0.25, 0.3) is 0 Å². The van der Waals surface area contributed by atoms with Crippen LogP contribution in [-0.2, 0) is 0 Å². The summed E-state index contributed by atoms with van der Waals surface area (Å²) in [5.74, 6) is 1.77. The summed E-state index contributed by atoms with van der Waals surface area (Å²) in [5.41, 5.74) is 0.657. The molecule has 2 N–H and O–H groups in total. The molecule has 0 aliphatic heterocycles. The second-order valence-corrected chi connectivity index (χ2v) is 5.29. The third-order valence-electron chi connectivity index (χ3n) is 3.30. The second-order valence-electron chi connectivity index (χ2n) is 5.29. The molecule has 1 aromatic heterocycles. The van der Waals surface area contributed by atoms with Crippen LogP contribution in [0.1, 0.15) is 44.5 Å². The monoisotopic (exact) mass is 263 g/mol. The molecule has 1 heterocycles. The number of carbonyl (C=O) groups is 1. The van der Waals surface area contributed by atoms with Gasteiger partial charge in [-0.15, -0.1) is 0 Å². The Kier molecular flexibility index (Phi) is 6.33. The summed E-state index contributed by atoms with van der Waals surface area (Å²) in [6.07, 6.45) is 2.70. The van der Waals surface area contributed by atoms with Gasteiger partial charge in [-0.05, 0) is 30.4 Å². The van der Waals surface area contributed by atoms with Gasteiger partial charge in [0, 0.05) is 24.8 Å². The molecule has 0 saturated carbocycles. The van der Waals surface area contributed by atoms with Crippen molar-refractivity contribution in [2.24, 2.45) is 11.8 Å². The first-order valence-electron chi connectivity index (χ1n) is 7.02. The van der Waals surface area contributed by atoms with Gasteiger partial charge >= 0.3 is 0 Å². The van der Waals surface area contributed by atoms with Crippen LogP contribution < -0.4 is 10.6 Å².